The second-order valence-corrected chi connectivity index (χ2v) is 7.69. The van der Waals surface area contributed by atoms with Crippen LogP contribution in [0.1, 0.15) is 42.6 Å². The van der Waals surface area contributed by atoms with E-state index in [2.05, 4.69) is 12.2 Å². The zero-order chi connectivity index (χ0) is 23.6. The van der Waals surface area contributed by atoms with Crippen LogP contribution in [0, 0.1) is 0 Å². The van der Waals surface area contributed by atoms with Gasteiger partial charge in [-0.1, -0.05) is 25.1 Å². The molecule has 0 aromatic heterocycles. The van der Waals surface area contributed by atoms with Gasteiger partial charge in [-0.15, -0.1) is 0 Å². The van der Waals surface area contributed by atoms with Gasteiger partial charge in [0.05, 0.1) is 6.61 Å². The summed E-state index contributed by atoms with van der Waals surface area (Å²) in [5.41, 5.74) is 1.54. The molecule has 3 rings (SSSR count). The highest BCUT2D eigenvalue weighted by Gasteiger charge is 2.24. The number of nitrogens with zero attached hydrogens (tertiary/aromatic N) is 1. The molecule has 2 aromatic carbocycles. The summed E-state index contributed by atoms with van der Waals surface area (Å²) in [6, 6.07) is 14.0. The minimum absolute atomic E-state index is 0.00819. The van der Waals surface area contributed by atoms with Crippen LogP contribution in [0.3, 0.4) is 0 Å². The quantitative estimate of drug-likeness (QED) is 0.484. The number of carbonyl (C=O) groups is 3. The van der Waals surface area contributed by atoms with Crippen LogP contribution in [-0.4, -0.2) is 55.2 Å². The number of hydrogen-bond acceptors (Lipinski definition) is 6. The van der Waals surface area contributed by atoms with Crippen molar-refractivity contribution in [2.75, 3.05) is 26.3 Å². The third kappa shape index (κ3) is 6.97. The van der Waals surface area contributed by atoms with Crippen LogP contribution in [0.15, 0.2) is 48.5 Å². The Balaban J connectivity index is 1.42. The van der Waals surface area contributed by atoms with Gasteiger partial charge in [-0.3, -0.25) is 9.59 Å². The van der Waals surface area contributed by atoms with Crippen molar-refractivity contribution >= 4 is 18.0 Å². The van der Waals surface area contributed by atoms with Gasteiger partial charge in [0.25, 0.3) is 11.8 Å². The van der Waals surface area contributed by atoms with E-state index in [9.17, 15) is 14.4 Å². The molecule has 33 heavy (non-hydrogen) atoms. The van der Waals surface area contributed by atoms with Gasteiger partial charge >= 0.3 is 6.16 Å². The van der Waals surface area contributed by atoms with Crippen molar-refractivity contribution in [2.24, 2.45) is 0 Å². The molecule has 0 bridgehead atoms. The predicted octanol–water partition coefficient (Wildman–Crippen LogP) is 3.58. The minimum atomic E-state index is -0.781. The van der Waals surface area contributed by atoms with Gasteiger partial charge in [-0.05, 0) is 62.1 Å². The van der Waals surface area contributed by atoms with Crippen molar-refractivity contribution in [2.45, 2.75) is 39.2 Å². The fourth-order valence-electron chi connectivity index (χ4n) is 3.63. The normalized spacial score (nSPS) is 13.8. The average Bonchev–Trinajstić information content (AvgIpc) is 2.83. The summed E-state index contributed by atoms with van der Waals surface area (Å²) in [5, 5.41) is 3.01. The first-order valence-electron chi connectivity index (χ1n) is 11.2. The number of hydrogen-bond donors (Lipinski definition) is 1. The van der Waals surface area contributed by atoms with Gasteiger partial charge in [0.15, 0.2) is 6.61 Å². The third-order valence-electron chi connectivity index (χ3n) is 5.47. The Labute approximate surface area is 193 Å². The largest absolute Gasteiger partial charge is 0.513 e. The Morgan fingerprint density at radius 3 is 2.36 bits per heavy atom. The van der Waals surface area contributed by atoms with E-state index in [4.69, 9.17) is 14.2 Å². The van der Waals surface area contributed by atoms with Crippen molar-refractivity contribution in [3.05, 3.63) is 59.7 Å². The highest BCUT2D eigenvalue weighted by Crippen LogP contribution is 2.19. The maximum Gasteiger partial charge on any atom is 0.513 e. The van der Waals surface area contributed by atoms with Crippen LogP contribution in [-0.2, 0) is 16.0 Å². The molecule has 0 radical (unpaired) electrons. The molecule has 2 amide bonds. The van der Waals surface area contributed by atoms with Gasteiger partial charge in [0.2, 0.25) is 0 Å². The van der Waals surface area contributed by atoms with E-state index in [1.807, 2.05) is 24.3 Å². The summed E-state index contributed by atoms with van der Waals surface area (Å²) in [5.74, 6) is 0.791. The first kappa shape index (κ1) is 24.1. The number of benzene rings is 2. The SMILES string of the molecule is CCOC(=O)Oc1ccc(C(=O)NC2CCN(C(=O)COc3ccccc3CC)CC2)cc1. The second-order valence-electron chi connectivity index (χ2n) is 7.69. The number of ether oxygens (including phenoxy) is 3. The lowest BCUT2D eigenvalue weighted by molar-refractivity contribution is -0.134. The summed E-state index contributed by atoms with van der Waals surface area (Å²) in [4.78, 5) is 38.2. The number of nitrogens with one attached hydrogen (secondary N) is 1. The molecule has 1 aliphatic rings. The molecule has 0 spiro atoms. The average molecular weight is 455 g/mol. The van der Waals surface area contributed by atoms with Gasteiger partial charge in [-0.2, -0.15) is 0 Å². The number of rotatable bonds is 8. The van der Waals surface area contributed by atoms with Crippen molar-refractivity contribution in [3.8, 4) is 11.5 Å². The van der Waals surface area contributed by atoms with Crippen LogP contribution >= 0.6 is 0 Å². The number of para-hydroxylation sites is 1. The fraction of sp³-hybridized carbons (Fsp3) is 0.400. The first-order valence-corrected chi connectivity index (χ1v) is 11.2. The molecule has 8 nitrogen and oxygen atoms in total. The maximum absolute atomic E-state index is 12.5. The number of likely N-dealkylation sites (tertiary alicyclic amines) is 1. The fourth-order valence-corrected chi connectivity index (χ4v) is 3.63. The lowest BCUT2D eigenvalue weighted by atomic mass is 10.0. The maximum atomic E-state index is 12.5. The summed E-state index contributed by atoms with van der Waals surface area (Å²) in [6.45, 7) is 5.10. The molecular formula is C25H30N2O6. The molecule has 1 fully saturated rings. The van der Waals surface area contributed by atoms with Gasteiger partial charge in [0.1, 0.15) is 11.5 Å². The summed E-state index contributed by atoms with van der Waals surface area (Å²) >= 11 is 0. The van der Waals surface area contributed by atoms with Crippen LogP contribution in [0.4, 0.5) is 4.79 Å². The minimum Gasteiger partial charge on any atom is -0.483 e. The molecule has 1 saturated heterocycles. The van der Waals surface area contributed by atoms with E-state index >= 15 is 0 Å². The zero-order valence-electron chi connectivity index (χ0n) is 19.0. The van der Waals surface area contributed by atoms with Crippen LogP contribution in [0.5, 0.6) is 11.5 Å². The first-order chi connectivity index (χ1) is 16.0. The molecule has 0 aliphatic carbocycles. The van der Waals surface area contributed by atoms with Crippen LogP contribution in [0.2, 0.25) is 0 Å². The van der Waals surface area contributed by atoms with E-state index in [-0.39, 0.29) is 31.1 Å². The summed E-state index contributed by atoms with van der Waals surface area (Å²) in [7, 11) is 0. The Morgan fingerprint density at radius 2 is 1.70 bits per heavy atom. The molecule has 0 atom stereocenters. The standard InChI is InChI=1S/C25H30N2O6/c1-3-18-7-5-6-8-22(18)32-17-23(28)27-15-13-20(14-16-27)26-24(29)19-9-11-21(12-10-19)33-25(30)31-4-2/h5-12,20H,3-4,13-17H2,1-2H3,(H,26,29). The molecule has 8 heteroatoms. The van der Waals surface area contributed by atoms with E-state index in [1.54, 1.807) is 36.1 Å². The Morgan fingerprint density at radius 1 is 1.00 bits per heavy atom. The number of carbonyl (C=O) groups excluding carboxylic acids is 3. The molecule has 176 valence electrons. The monoisotopic (exact) mass is 454 g/mol. The van der Waals surface area contributed by atoms with Crippen molar-refractivity contribution in [3.63, 3.8) is 0 Å². The van der Waals surface area contributed by atoms with Gasteiger partial charge in [-0.25, -0.2) is 4.79 Å². The van der Waals surface area contributed by atoms with Crippen molar-refractivity contribution in [1.82, 2.24) is 10.2 Å². The lowest BCUT2D eigenvalue weighted by Gasteiger charge is -2.32. The van der Waals surface area contributed by atoms with E-state index in [1.165, 1.54) is 0 Å². The third-order valence-corrected chi connectivity index (χ3v) is 5.47. The van der Waals surface area contributed by atoms with E-state index in [0.717, 1.165) is 17.7 Å². The lowest BCUT2D eigenvalue weighted by Crippen LogP contribution is -2.47. The molecule has 1 N–H and O–H groups in total. The number of piperidine rings is 1. The summed E-state index contributed by atoms with van der Waals surface area (Å²) < 4.78 is 15.5. The van der Waals surface area contributed by atoms with Crippen LogP contribution < -0.4 is 14.8 Å². The van der Waals surface area contributed by atoms with E-state index in [0.29, 0.717) is 37.2 Å². The van der Waals surface area contributed by atoms with Crippen molar-refractivity contribution < 1.29 is 28.6 Å². The zero-order valence-corrected chi connectivity index (χ0v) is 19.0. The predicted molar refractivity (Wildman–Crippen MR) is 122 cm³/mol. The number of amides is 2. The van der Waals surface area contributed by atoms with Gasteiger partial charge in [0, 0.05) is 24.7 Å². The second kappa shape index (κ2) is 11.9. The summed E-state index contributed by atoms with van der Waals surface area (Å²) in [6.07, 6.45) is 1.41. The molecule has 0 saturated carbocycles. The highest BCUT2D eigenvalue weighted by molar-refractivity contribution is 5.94. The highest BCUT2D eigenvalue weighted by atomic mass is 16.7. The van der Waals surface area contributed by atoms with Crippen molar-refractivity contribution in [1.29, 1.82) is 0 Å². The molecule has 1 heterocycles. The molecule has 2 aromatic rings. The van der Waals surface area contributed by atoms with Crippen LogP contribution in [0.25, 0.3) is 0 Å². The molecular weight excluding hydrogens is 424 g/mol. The molecule has 0 unspecified atom stereocenters. The number of aryl methyl sites for hydroxylation is 1. The Bertz CT molecular complexity index is 952. The van der Waals surface area contributed by atoms with E-state index < -0.39 is 6.16 Å². The molecule has 1 aliphatic heterocycles. The topological polar surface area (TPSA) is 94.2 Å². The smallest absolute Gasteiger partial charge is 0.483 e. The van der Waals surface area contributed by atoms with Gasteiger partial charge < -0.3 is 24.4 Å². The Hall–Kier alpha value is -3.55. The Kier molecular flexibility index (Phi) is 8.69.